The highest BCUT2D eigenvalue weighted by molar-refractivity contribution is 5.79. The van der Waals surface area contributed by atoms with E-state index < -0.39 is 24.7 Å². The van der Waals surface area contributed by atoms with E-state index in [0.29, 0.717) is 6.54 Å². The Labute approximate surface area is 92.3 Å². The molecule has 0 rings (SSSR count). The van der Waals surface area contributed by atoms with Crippen molar-refractivity contribution in [3.05, 3.63) is 0 Å². The fraction of sp³-hybridized carbons (Fsp3) is 0.889. The Balaban J connectivity index is 3.72. The number of ether oxygens (including phenoxy) is 1. The average molecular weight is 242 g/mol. The first-order chi connectivity index (χ1) is 7.37. The number of carbonyl (C=O) groups is 1. The largest absolute Gasteiger partial charge is 0.411 e. The van der Waals surface area contributed by atoms with Gasteiger partial charge in [-0.2, -0.15) is 13.2 Å². The second-order valence-corrected chi connectivity index (χ2v) is 3.37. The summed E-state index contributed by atoms with van der Waals surface area (Å²) in [5.74, 6) is -0.580. The molecule has 96 valence electrons. The molecule has 1 unspecified atom stereocenters. The minimum atomic E-state index is -4.33. The van der Waals surface area contributed by atoms with Gasteiger partial charge in [-0.1, -0.05) is 6.92 Å². The summed E-state index contributed by atoms with van der Waals surface area (Å²) >= 11 is 0. The molecule has 0 aromatic rings. The van der Waals surface area contributed by atoms with E-state index in [0.717, 1.165) is 6.42 Å². The number of nitrogens with one attached hydrogen (secondary N) is 1. The van der Waals surface area contributed by atoms with Gasteiger partial charge in [-0.3, -0.25) is 4.79 Å². The predicted molar refractivity (Wildman–Crippen MR) is 52.8 cm³/mol. The van der Waals surface area contributed by atoms with Crippen LogP contribution in [-0.2, 0) is 9.53 Å². The van der Waals surface area contributed by atoms with E-state index in [2.05, 4.69) is 10.1 Å². The lowest BCUT2D eigenvalue weighted by molar-refractivity contribution is -0.174. The summed E-state index contributed by atoms with van der Waals surface area (Å²) in [5, 5.41) is 2.83. The van der Waals surface area contributed by atoms with Gasteiger partial charge in [0.15, 0.2) is 0 Å². The van der Waals surface area contributed by atoms with E-state index in [-0.39, 0.29) is 13.0 Å². The normalized spacial score (nSPS) is 13.8. The van der Waals surface area contributed by atoms with Crippen molar-refractivity contribution in [3.8, 4) is 0 Å². The number of amides is 1. The van der Waals surface area contributed by atoms with Gasteiger partial charge in [-0.05, 0) is 19.4 Å². The van der Waals surface area contributed by atoms with Gasteiger partial charge < -0.3 is 15.8 Å². The van der Waals surface area contributed by atoms with Crippen LogP contribution in [0.2, 0.25) is 0 Å². The van der Waals surface area contributed by atoms with Crippen molar-refractivity contribution in [1.82, 2.24) is 5.32 Å². The summed E-state index contributed by atoms with van der Waals surface area (Å²) < 4.78 is 39.5. The topological polar surface area (TPSA) is 64.3 Å². The maximum atomic E-state index is 11.7. The van der Waals surface area contributed by atoms with Crippen molar-refractivity contribution in [2.24, 2.45) is 5.73 Å². The van der Waals surface area contributed by atoms with Crippen molar-refractivity contribution < 1.29 is 22.7 Å². The van der Waals surface area contributed by atoms with E-state index in [1.165, 1.54) is 0 Å². The first kappa shape index (κ1) is 15.2. The highest BCUT2D eigenvalue weighted by Gasteiger charge is 2.27. The molecular weight excluding hydrogens is 225 g/mol. The monoisotopic (exact) mass is 242 g/mol. The number of rotatable bonds is 8. The molecule has 0 aliphatic heterocycles. The van der Waals surface area contributed by atoms with Crippen LogP contribution in [-0.4, -0.2) is 37.9 Å². The van der Waals surface area contributed by atoms with Crippen molar-refractivity contribution in [3.63, 3.8) is 0 Å². The third-order valence-electron chi connectivity index (χ3n) is 1.80. The predicted octanol–water partition coefficient (Wildman–Crippen LogP) is 0.809. The van der Waals surface area contributed by atoms with E-state index in [4.69, 9.17) is 5.73 Å². The minimum absolute atomic E-state index is 0.144. The Morgan fingerprint density at radius 1 is 1.50 bits per heavy atom. The molecule has 0 aliphatic rings. The molecule has 0 spiro atoms. The lowest BCUT2D eigenvalue weighted by Crippen LogP contribution is -2.42. The molecule has 4 nitrogen and oxygen atoms in total. The fourth-order valence-corrected chi connectivity index (χ4v) is 1.05. The third kappa shape index (κ3) is 8.49. The van der Waals surface area contributed by atoms with Crippen LogP contribution in [0, 0.1) is 0 Å². The summed E-state index contributed by atoms with van der Waals surface area (Å²) in [4.78, 5) is 10.9. The number of carbonyl (C=O) groups excluding carboxylic acids is 1. The zero-order chi connectivity index (χ0) is 12.6. The van der Waals surface area contributed by atoms with Crippen molar-refractivity contribution in [2.45, 2.75) is 32.0 Å². The second-order valence-electron chi connectivity index (χ2n) is 3.37. The molecule has 1 amide bonds. The second kappa shape index (κ2) is 7.45. The Kier molecular flexibility index (Phi) is 7.07. The van der Waals surface area contributed by atoms with Crippen LogP contribution >= 0.6 is 0 Å². The van der Waals surface area contributed by atoms with Gasteiger partial charge in [0, 0.05) is 6.61 Å². The molecule has 0 saturated carbocycles. The minimum Gasteiger partial charge on any atom is -0.372 e. The van der Waals surface area contributed by atoms with Gasteiger partial charge in [0.25, 0.3) is 0 Å². The molecule has 0 aromatic carbocycles. The van der Waals surface area contributed by atoms with Crippen LogP contribution in [0.3, 0.4) is 0 Å². The molecule has 0 bridgehead atoms. The molecule has 0 aliphatic carbocycles. The maximum Gasteiger partial charge on any atom is 0.411 e. The Bertz CT molecular complexity index is 209. The number of nitrogens with two attached hydrogens (primary N) is 1. The van der Waals surface area contributed by atoms with Crippen molar-refractivity contribution >= 4 is 5.91 Å². The number of primary amides is 1. The molecular formula is C9H17F3N2O2. The smallest absolute Gasteiger partial charge is 0.372 e. The van der Waals surface area contributed by atoms with E-state index in [1.807, 2.05) is 6.92 Å². The lowest BCUT2D eigenvalue weighted by atomic mass is 10.2. The highest BCUT2D eigenvalue weighted by atomic mass is 19.4. The summed E-state index contributed by atoms with van der Waals surface area (Å²) in [6.45, 7) is 1.05. The van der Waals surface area contributed by atoms with E-state index in [1.54, 1.807) is 0 Å². The van der Waals surface area contributed by atoms with Crippen LogP contribution < -0.4 is 11.1 Å². The van der Waals surface area contributed by atoms with Gasteiger partial charge in [0.05, 0.1) is 6.04 Å². The molecule has 0 aromatic heterocycles. The molecule has 1 atom stereocenters. The first-order valence-corrected chi connectivity index (χ1v) is 5.04. The van der Waals surface area contributed by atoms with Crippen LogP contribution in [0.25, 0.3) is 0 Å². The zero-order valence-corrected chi connectivity index (χ0v) is 9.14. The summed E-state index contributed by atoms with van der Waals surface area (Å²) in [6, 6.07) is -0.631. The molecule has 0 heterocycles. The Hall–Kier alpha value is -0.820. The van der Waals surface area contributed by atoms with E-state index >= 15 is 0 Å². The van der Waals surface area contributed by atoms with Crippen molar-refractivity contribution in [1.29, 1.82) is 0 Å². The molecule has 16 heavy (non-hydrogen) atoms. The number of hydrogen-bond acceptors (Lipinski definition) is 3. The number of alkyl halides is 3. The third-order valence-corrected chi connectivity index (χ3v) is 1.80. The standard InChI is InChI=1S/C9H17F3N2O2/c1-2-4-14-7(8(13)15)3-5-16-6-9(10,11)12/h7,14H,2-6H2,1H3,(H2,13,15). The molecule has 3 N–H and O–H groups in total. The molecule has 7 heteroatoms. The molecule has 0 radical (unpaired) electrons. The number of hydrogen-bond donors (Lipinski definition) is 2. The zero-order valence-electron chi connectivity index (χ0n) is 9.14. The SMILES string of the molecule is CCCNC(CCOCC(F)(F)F)C(N)=O. The van der Waals surface area contributed by atoms with Crippen molar-refractivity contribution in [2.75, 3.05) is 19.8 Å². The quantitative estimate of drug-likeness (QED) is 0.619. The van der Waals surface area contributed by atoms with Crippen LogP contribution in [0.15, 0.2) is 0 Å². The Morgan fingerprint density at radius 2 is 2.12 bits per heavy atom. The maximum absolute atomic E-state index is 11.7. The van der Waals surface area contributed by atoms with E-state index in [9.17, 15) is 18.0 Å². The highest BCUT2D eigenvalue weighted by Crippen LogP contribution is 2.14. The summed E-state index contributed by atoms with van der Waals surface area (Å²) in [6.07, 6.45) is -3.38. The summed E-state index contributed by atoms with van der Waals surface area (Å²) in [7, 11) is 0. The van der Waals surface area contributed by atoms with Crippen LogP contribution in [0.4, 0.5) is 13.2 Å². The first-order valence-electron chi connectivity index (χ1n) is 5.04. The molecule has 0 saturated heterocycles. The van der Waals surface area contributed by atoms with Gasteiger partial charge >= 0.3 is 6.18 Å². The Morgan fingerprint density at radius 3 is 2.56 bits per heavy atom. The van der Waals surface area contributed by atoms with Crippen LogP contribution in [0.5, 0.6) is 0 Å². The van der Waals surface area contributed by atoms with Gasteiger partial charge in [-0.15, -0.1) is 0 Å². The molecule has 0 fully saturated rings. The van der Waals surface area contributed by atoms with Gasteiger partial charge in [-0.25, -0.2) is 0 Å². The lowest BCUT2D eigenvalue weighted by Gasteiger charge is -2.15. The fourth-order valence-electron chi connectivity index (χ4n) is 1.05. The number of halogens is 3. The summed E-state index contributed by atoms with van der Waals surface area (Å²) in [5.41, 5.74) is 5.07. The van der Waals surface area contributed by atoms with Gasteiger partial charge in [0.2, 0.25) is 5.91 Å². The average Bonchev–Trinajstić information content (AvgIpc) is 2.14. The van der Waals surface area contributed by atoms with Gasteiger partial charge in [0.1, 0.15) is 6.61 Å². The van der Waals surface area contributed by atoms with Crippen LogP contribution in [0.1, 0.15) is 19.8 Å².